The van der Waals surface area contributed by atoms with E-state index in [1.54, 1.807) is 7.11 Å². The van der Waals surface area contributed by atoms with Crippen LogP contribution in [0.15, 0.2) is 4.47 Å². The number of aromatic nitrogens is 2. The molecule has 0 spiro atoms. The third-order valence-corrected chi connectivity index (χ3v) is 5.65. The molecule has 0 unspecified atom stereocenters. The van der Waals surface area contributed by atoms with Gasteiger partial charge in [-0.25, -0.2) is 9.97 Å². The van der Waals surface area contributed by atoms with Crippen molar-refractivity contribution >= 4 is 27.5 Å². The quantitative estimate of drug-likeness (QED) is 0.663. The molecule has 2 rings (SSSR count). The van der Waals surface area contributed by atoms with Crippen LogP contribution in [-0.2, 0) is 15.8 Å². The lowest BCUT2D eigenvalue weighted by Crippen LogP contribution is -2.36. The molecule has 1 heterocycles. The molecule has 1 fully saturated rings. The SMILES string of the molecule is COC1(c2nc(Cl)c(Br)c(C(C)(C)C)n2)CCC(C)CC1. The molecule has 0 radical (unpaired) electrons. The summed E-state index contributed by atoms with van der Waals surface area (Å²) in [5, 5.41) is 0.472. The van der Waals surface area contributed by atoms with Gasteiger partial charge in [0.15, 0.2) is 5.82 Å². The topological polar surface area (TPSA) is 35.0 Å². The number of rotatable bonds is 2. The molecule has 0 aromatic carbocycles. The summed E-state index contributed by atoms with van der Waals surface area (Å²) >= 11 is 9.86. The van der Waals surface area contributed by atoms with Crippen LogP contribution in [0.5, 0.6) is 0 Å². The second-order valence-corrected chi connectivity index (χ2v) is 8.28. The highest BCUT2D eigenvalue weighted by Gasteiger charge is 2.40. The molecule has 0 amide bonds. The van der Waals surface area contributed by atoms with Crippen molar-refractivity contribution in [2.24, 2.45) is 5.92 Å². The van der Waals surface area contributed by atoms with Crippen molar-refractivity contribution in [1.29, 1.82) is 0 Å². The fraction of sp³-hybridized carbons (Fsp3) is 0.750. The average Bonchev–Trinajstić information content (AvgIpc) is 2.42. The summed E-state index contributed by atoms with van der Waals surface area (Å²) < 4.78 is 6.66. The van der Waals surface area contributed by atoms with Crippen molar-refractivity contribution in [2.75, 3.05) is 7.11 Å². The first-order valence-electron chi connectivity index (χ1n) is 7.49. The van der Waals surface area contributed by atoms with Crippen LogP contribution in [0.25, 0.3) is 0 Å². The lowest BCUT2D eigenvalue weighted by atomic mass is 9.78. The van der Waals surface area contributed by atoms with Gasteiger partial charge in [0.1, 0.15) is 10.8 Å². The number of hydrogen-bond acceptors (Lipinski definition) is 3. The second kappa shape index (κ2) is 6.13. The summed E-state index contributed by atoms with van der Waals surface area (Å²) in [7, 11) is 1.76. The summed E-state index contributed by atoms with van der Waals surface area (Å²) in [5.74, 6) is 1.47. The Morgan fingerprint density at radius 3 is 2.29 bits per heavy atom. The average molecular weight is 376 g/mol. The van der Waals surface area contributed by atoms with Gasteiger partial charge >= 0.3 is 0 Å². The second-order valence-electron chi connectivity index (χ2n) is 7.13. The maximum Gasteiger partial charge on any atom is 0.162 e. The van der Waals surface area contributed by atoms with E-state index >= 15 is 0 Å². The maximum absolute atomic E-state index is 6.34. The molecule has 1 saturated carbocycles. The first kappa shape index (κ1) is 17.2. The molecule has 0 bridgehead atoms. The number of ether oxygens (including phenoxy) is 1. The number of nitrogens with zero attached hydrogens (tertiary/aromatic N) is 2. The van der Waals surface area contributed by atoms with Gasteiger partial charge in [0.05, 0.1) is 10.2 Å². The molecule has 1 aliphatic rings. The molecule has 1 aromatic rings. The zero-order valence-corrected chi connectivity index (χ0v) is 15.8. The fourth-order valence-electron chi connectivity index (χ4n) is 2.87. The molecule has 0 aliphatic heterocycles. The van der Waals surface area contributed by atoms with Crippen molar-refractivity contribution < 1.29 is 4.74 Å². The van der Waals surface area contributed by atoms with Crippen LogP contribution in [0.2, 0.25) is 5.15 Å². The zero-order valence-electron chi connectivity index (χ0n) is 13.5. The predicted molar refractivity (Wildman–Crippen MR) is 89.8 cm³/mol. The van der Waals surface area contributed by atoms with Crippen LogP contribution in [-0.4, -0.2) is 17.1 Å². The Kier molecular flexibility index (Phi) is 5.01. The molecular formula is C16H24BrClN2O. The van der Waals surface area contributed by atoms with Crippen LogP contribution in [0, 0.1) is 5.92 Å². The first-order valence-corrected chi connectivity index (χ1v) is 8.66. The van der Waals surface area contributed by atoms with Crippen molar-refractivity contribution in [1.82, 2.24) is 9.97 Å². The number of hydrogen-bond donors (Lipinski definition) is 0. The monoisotopic (exact) mass is 374 g/mol. The number of halogens is 2. The zero-order chi connectivity index (χ0) is 15.8. The van der Waals surface area contributed by atoms with Crippen LogP contribution < -0.4 is 0 Å². The molecule has 0 saturated heterocycles. The summed E-state index contributed by atoms with van der Waals surface area (Å²) in [5.41, 5.74) is 0.445. The predicted octanol–water partition coefficient (Wildman–Crippen LogP) is 5.24. The fourth-order valence-corrected chi connectivity index (χ4v) is 3.81. The minimum atomic E-state index is -0.392. The van der Waals surface area contributed by atoms with E-state index in [0.29, 0.717) is 5.15 Å². The number of methoxy groups -OCH3 is 1. The standard InChI is InChI=1S/C16H24BrClN2O/c1-10-6-8-16(21-5,9-7-10)14-19-12(15(2,3)4)11(17)13(18)20-14/h10H,6-9H2,1-5H3. The van der Waals surface area contributed by atoms with Gasteiger partial charge in [0, 0.05) is 12.5 Å². The van der Waals surface area contributed by atoms with E-state index in [9.17, 15) is 0 Å². The van der Waals surface area contributed by atoms with Gasteiger partial charge in [0.25, 0.3) is 0 Å². The van der Waals surface area contributed by atoms with Crippen LogP contribution in [0.4, 0.5) is 0 Å². The molecule has 5 heteroatoms. The summed E-state index contributed by atoms with van der Waals surface area (Å²) in [6.07, 6.45) is 4.17. The van der Waals surface area contributed by atoms with Crippen molar-refractivity contribution in [2.45, 2.75) is 64.4 Å². The van der Waals surface area contributed by atoms with Gasteiger partial charge in [0.2, 0.25) is 0 Å². The van der Waals surface area contributed by atoms with Crippen LogP contribution in [0.3, 0.4) is 0 Å². The van der Waals surface area contributed by atoms with E-state index < -0.39 is 5.60 Å². The smallest absolute Gasteiger partial charge is 0.162 e. The van der Waals surface area contributed by atoms with E-state index in [1.807, 2.05) is 0 Å². The van der Waals surface area contributed by atoms with E-state index in [2.05, 4.69) is 48.6 Å². The Labute approximate surface area is 141 Å². The summed E-state index contributed by atoms with van der Waals surface area (Å²) in [6, 6.07) is 0. The minimum Gasteiger partial charge on any atom is -0.370 e. The lowest BCUT2D eigenvalue weighted by Gasteiger charge is -2.37. The largest absolute Gasteiger partial charge is 0.370 e. The maximum atomic E-state index is 6.34. The summed E-state index contributed by atoms with van der Waals surface area (Å²) in [6.45, 7) is 8.67. The molecule has 21 heavy (non-hydrogen) atoms. The van der Waals surface area contributed by atoms with Gasteiger partial charge < -0.3 is 4.74 Å². The van der Waals surface area contributed by atoms with Crippen LogP contribution >= 0.6 is 27.5 Å². The van der Waals surface area contributed by atoms with Gasteiger partial charge in [-0.1, -0.05) is 39.3 Å². The highest BCUT2D eigenvalue weighted by Crippen LogP contribution is 2.42. The first-order chi connectivity index (χ1) is 9.69. The lowest BCUT2D eigenvalue weighted by molar-refractivity contribution is -0.0600. The third kappa shape index (κ3) is 3.43. The highest BCUT2D eigenvalue weighted by atomic mass is 79.9. The molecule has 0 N–H and O–H groups in total. The third-order valence-electron chi connectivity index (χ3n) is 4.40. The molecular weight excluding hydrogens is 352 g/mol. The minimum absolute atomic E-state index is 0.100. The van der Waals surface area contributed by atoms with Crippen molar-refractivity contribution in [3.63, 3.8) is 0 Å². The van der Waals surface area contributed by atoms with Gasteiger partial charge in [-0.05, 0) is 47.5 Å². The van der Waals surface area contributed by atoms with E-state index in [1.165, 1.54) is 0 Å². The Bertz CT molecular complexity index is 520. The normalized spacial score (nSPS) is 26.9. The van der Waals surface area contributed by atoms with Crippen molar-refractivity contribution in [3.8, 4) is 0 Å². The van der Waals surface area contributed by atoms with Crippen molar-refractivity contribution in [3.05, 3.63) is 21.1 Å². The van der Waals surface area contributed by atoms with E-state index in [0.717, 1.165) is 47.6 Å². The Morgan fingerprint density at radius 2 is 1.81 bits per heavy atom. The van der Waals surface area contributed by atoms with Gasteiger partial charge in [-0.3, -0.25) is 0 Å². The Morgan fingerprint density at radius 1 is 1.24 bits per heavy atom. The highest BCUT2D eigenvalue weighted by molar-refractivity contribution is 9.10. The summed E-state index contributed by atoms with van der Waals surface area (Å²) in [4.78, 5) is 9.35. The van der Waals surface area contributed by atoms with E-state index in [4.69, 9.17) is 21.3 Å². The molecule has 0 atom stereocenters. The molecule has 1 aromatic heterocycles. The Hall–Kier alpha value is -0.190. The van der Waals surface area contributed by atoms with Gasteiger partial charge in [-0.2, -0.15) is 0 Å². The molecule has 1 aliphatic carbocycles. The van der Waals surface area contributed by atoms with Gasteiger partial charge in [-0.15, -0.1) is 0 Å². The van der Waals surface area contributed by atoms with Crippen LogP contribution in [0.1, 0.15) is 64.9 Å². The molecule has 118 valence electrons. The van der Waals surface area contributed by atoms with E-state index in [-0.39, 0.29) is 5.41 Å². The Balaban J connectivity index is 2.50. The molecule has 3 nitrogen and oxygen atoms in total.